The summed E-state index contributed by atoms with van der Waals surface area (Å²) in [5.74, 6) is 0. The van der Waals surface area contributed by atoms with Crippen LogP contribution in [0.25, 0.3) is 10.7 Å². The lowest BCUT2D eigenvalue weighted by molar-refractivity contribution is 0.478. The van der Waals surface area contributed by atoms with E-state index in [2.05, 4.69) is 30.7 Å². The number of pyridine rings is 1. The van der Waals surface area contributed by atoms with Crippen LogP contribution in [0.4, 0.5) is 0 Å². The van der Waals surface area contributed by atoms with Crippen molar-refractivity contribution in [2.24, 2.45) is 5.73 Å². The Morgan fingerprint density at radius 1 is 1.33 bits per heavy atom. The Balaban J connectivity index is 2.17. The van der Waals surface area contributed by atoms with Crippen LogP contribution in [-0.2, 0) is 6.42 Å². The van der Waals surface area contributed by atoms with Gasteiger partial charge in [-0.1, -0.05) is 6.07 Å². The fourth-order valence-corrected chi connectivity index (χ4v) is 2.73. The van der Waals surface area contributed by atoms with Crippen LogP contribution < -0.4 is 5.73 Å². The van der Waals surface area contributed by atoms with Crippen LogP contribution in [-0.4, -0.2) is 15.5 Å². The van der Waals surface area contributed by atoms with Crippen LogP contribution in [0.15, 0.2) is 24.4 Å². The van der Waals surface area contributed by atoms with Crippen molar-refractivity contribution in [2.45, 2.75) is 39.2 Å². The van der Waals surface area contributed by atoms with Crippen LogP contribution >= 0.6 is 11.3 Å². The Labute approximate surface area is 112 Å². The van der Waals surface area contributed by atoms with E-state index in [0.29, 0.717) is 0 Å². The second kappa shape index (κ2) is 5.16. The fourth-order valence-electron chi connectivity index (χ4n) is 1.69. The molecule has 0 saturated carbocycles. The highest BCUT2D eigenvalue weighted by Gasteiger charge is 2.15. The standard InChI is InChI=1S/C14H19N3S/c1-10-12(7-8-14(2,3)15)18-13(17-10)11-6-4-5-9-16-11/h4-6,9H,7-8,15H2,1-3H3. The SMILES string of the molecule is Cc1nc(-c2ccccn2)sc1CCC(C)(C)N. The first kappa shape index (κ1) is 13.2. The second-order valence-electron chi connectivity index (χ2n) is 5.23. The average molecular weight is 261 g/mol. The summed E-state index contributed by atoms with van der Waals surface area (Å²) in [5.41, 5.74) is 7.95. The van der Waals surface area contributed by atoms with Crippen LogP contribution in [0.5, 0.6) is 0 Å². The van der Waals surface area contributed by atoms with Crippen molar-refractivity contribution in [2.75, 3.05) is 0 Å². The van der Waals surface area contributed by atoms with Crippen LogP contribution in [0.1, 0.15) is 30.8 Å². The lowest BCUT2D eigenvalue weighted by Crippen LogP contribution is -2.32. The van der Waals surface area contributed by atoms with E-state index in [9.17, 15) is 0 Å². The van der Waals surface area contributed by atoms with Gasteiger partial charge in [0.2, 0.25) is 0 Å². The summed E-state index contributed by atoms with van der Waals surface area (Å²) < 4.78 is 0. The third kappa shape index (κ3) is 3.37. The summed E-state index contributed by atoms with van der Waals surface area (Å²) in [6, 6.07) is 5.90. The van der Waals surface area contributed by atoms with Crippen LogP contribution in [0.3, 0.4) is 0 Å². The van der Waals surface area contributed by atoms with Gasteiger partial charge in [-0.3, -0.25) is 4.98 Å². The highest BCUT2D eigenvalue weighted by molar-refractivity contribution is 7.15. The molecular formula is C14H19N3S. The van der Waals surface area contributed by atoms with E-state index >= 15 is 0 Å². The minimum absolute atomic E-state index is 0.123. The molecule has 0 unspecified atom stereocenters. The molecule has 0 amide bonds. The van der Waals surface area contributed by atoms with E-state index in [0.717, 1.165) is 29.2 Å². The minimum Gasteiger partial charge on any atom is -0.326 e. The Bertz CT molecular complexity index is 512. The zero-order valence-corrected chi connectivity index (χ0v) is 11.9. The summed E-state index contributed by atoms with van der Waals surface area (Å²) in [7, 11) is 0. The molecular weight excluding hydrogens is 242 g/mol. The van der Waals surface area contributed by atoms with Gasteiger partial charge in [0.15, 0.2) is 0 Å². The molecule has 3 nitrogen and oxygen atoms in total. The van der Waals surface area contributed by atoms with Crippen molar-refractivity contribution in [3.8, 4) is 10.7 Å². The molecule has 0 bridgehead atoms. The normalized spacial score (nSPS) is 11.8. The van der Waals surface area contributed by atoms with E-state index in [1.807, 2.05) is 18.2 Å². The lowest BCUT2D eigenvalue weighted by atomic mass is 9.99. The maximum absolute atomic E-state index is 6.02. The maximum Gasteiger partial charge on any atom is 0.142 e. The van der Waals surface area contributed by atoms with Crippen molar-refractivity contribution in [3.63, 3.8) is 0 Å². The van der Waals surface area contributed by atoms with Crippen molar-refractivity contribution in [1.82, 2.24) is 9.97 Å². The van der Waals surface area contributed by atoms with Gasteiger partial charge in [0.1, 0.15) is 5.01 Å². The molecule has 2 N–H and O–H groups in total. The van der Waals surface area contributed by atoms with Gasteiger partial charge in [-0.15, -0.1) is 11.3 Å². The van der Waals surface area contributed by atoms with Crippen molar-refractivity contribution >= 4 is 11.3 Å². The molecule has 0 fully saturated rings. The quantitative estimate of drug-likeness (QED) is 0.919. The smallest absolute Gasteiger partial charge is 0.142 e. The van der Waals surface area contributed by atoms with Crippen LogP contribution in [0, 0.1) is 6.92 Å². The van der Waals surface area contributed by atoms with Gasteiger partial charge >= 0.3 is 0 Å². The fraction of sp³-hybridized carbons (Fsp3) is 0.429. The minimum atomic E-state index is -0.123. The molecule has 2 rings (SSSR count). The molecule has 0 aliphatic carbocycles. The van der Waals surface area contributed by atoms with Gasteiger partial charge in [-0.2, -0.15) is 0 Å². The molecule has 0 spiro atoms. The molecule has 0 aromatic carbocycles. The Kier molecular flexibility index (Phi) is 3.78. The lowest BCUT2D eigenvalue weighted by Gasteiger charge is -2.17. The molecule has 18 heavy (non-hydrogen) atoms. The van der Waals surface area contributed by atoms with E-state index in [1.54, 1.807) is 17.5 Å². The number of rotatable bonds is 4. The third-order valence-electron chi connectivity index (χ3n) is 2.77. The number of nitrogens with two attached hydrogens (primary N) is 1. The van der Waals surface area contributed by atoms with Gasteiger partial charge in [-0.05, 0) is 45.7 Å². The number of nitrogens with zero attached hydrogens (tertiary/aromatic N) is 2. The average Bonchev–Trinajstić information content (AvgIpc) is 2.68. The van der Waals surface area contributed by atoms with E-state index in [4.69, 9.17) is 5.73 Å². The Hall–Kier alpha value is -1.26. The highest BCUT2D eigenvalue weighted by Crippen LogP contribution is 2.28. The number of hydrogen-bond donors (Lipinski definition) is 1. The van der Waals surface area contributed by atoms with Crippen molar-refractivity contribution < 1.29 is 0 Å². The van der Waals surface area contributed by atoms with E-state index in [1.165, 1.54) is 4.88 Å². The second-order valence-corrected chi connectivity index (χ2v) is 6.31. The molecule has 2 aromatic heterocycles. The monoisotopic (exact) mass is 261 g/mol. The first-order valence-corrected chi connectivity index (χ1v) is 6.94. The van der Waals surface area contributed by atoms with Gasteiger partial charge < -0.3 is 5.73 Å². The van der Waals surface area contributed by atoms with Gasteiger partial charge in [0.25, 0.3) is 0 Å². The van der Waals surface area contributed by atoms with Gasteiger partial charge in [-0.25, -0.2) is 4.98 Å². The Morgan fingerprint density at radius 2 is 2.11 bits per heavy atom. The zero-order chi connectivity index (χ0) is 13.2. The van der Waals surface area contributed by atoms with Crippen molar-refractivity contribution in [3.05, 3.63) is 35.0 Å². The molecule has 0 saturated heterocycles. The predicted molar refractivity (Wildman–Crippen MR) is 76.7 cm³/mol. The van der Waals surface area contributed by atoms with Gasteiger partial charge in [0.05, 0.1) is 11.4 Å². The predicted octanol–water partition coefficient (Wildman–Crippen LogP) is 3.18. The topological polar surface area (TPSA) is 51.8 Å². The first-order chi connectivity index (χ1) is 8.46. The summed E-state index contributed by atoms with van der Waals surface area (Å²) in [6.07, 6.45) is 3.76. The molecule has 96 valence electrons. The van der Waals surface area contributed by atoms with Gasteiger partial charge in [0, 0.05) is 16.6 Å². The van der Waals surface area contributed by atoms with E-state index in [-0.39, 0.29) is 5.54 Å². The number of aryl methyl sites for hydroxylation is 2. The molecule has 2 heterocycles. The molecule has 0 radical (unpaired) electrons. The number of hydrogen-bond acceptors (Lipinski definition) is 4. The Morgan fingerprint density at radius 3 is 2.72 bits per heavy atom. The molecule has 2 aromatic rings. The summed E-state index contributed by atoms with van der Waals surface area (Å²) >= 11 is 1.72. The summed E-state index contributed by atoms with van der Waals surface area (Å²) in [5, 5.41) is 0.998. The number of thiazole rings is 1. The van der Waals surface area contributed by atoms with E-state index < -0.39 is 0 Å². The third-order valence-corrected chi connectivity index (χ3v) is 4.01. The van der Waals surface area contributed by atoms with Crippen molar-refractivity contribution in [1.29, 1.82) is 0 Å². The maximum atomic E-state index is 6.02. The molecule has 0 aliphatic rings. The molecule has 0 atom stereocenters. The summed E-state index contributed by atoms with van der Waals surface area (Å²) in [6.45, 7) is 6.17. The van der Waals surface area contributed by atoms with Crippen LogP contribution in [0.2, 0.25) is 0 Å². The summed E-state index contributed by atoms with van der Waals surface area (Å²) in [4.78, 5) is 10.2. The number of aromatic nitrogens is 2. The molecule has 0 aliphatic heterocycles. The largest absolute Gasteiger partial charge is 0.326 e. The molecule has 4 heteroatoms. The highest BCUT2D eigenvalue weighted by atomic mass is 32.1. The first-order valence-electron chi connectivity index (χ1n) is 6.12. The zero-order valence-electron chi connectivity index (χ0n) is 11.1.